The third kappa shape index (κ3) is 3.86. The summed E-state index contributed by atoms with van der Waals surface area (Å²) in [6.07, 6.45) is 3.24. The lowest BCUT2D eigenvalue weighted by atomic mass is 9.83. The summed E-state index contributed by atoms with van der Waals surface area (Å²) in [4.78, 5) is 38.9. The number of nitrogen functional groups attached to an aromatic ring is 1. The molecule has 5 rings (SSSR count). The standard InChI is InChI=1S/C24H17N7O3.CH4/c1-26-24-19(22(25)28-23(29-24)12-8-10-27-11-9-12)31-30-15-6-2-4-13-17(15)21(34)18-14(20(13)33)5-3-7-16(18)32;/h2-11,32H,1H3,(H3,25,26,28,29);1H4. The second kappa shape index (κ2) is 9.10. The molecule has 0 atom stereocenters. The molecule has 0 bridgehead atoms. The number of anilines is 2. The number of phenols is 1. The van der Waals surface area contributed by atoms with Crippen LogP contribution in [-0.4, -0.2) is 38.7 Å². The third-order valence-electron chi connectivity index (χ3n) is 5.37. The molecule has 4 aromatic rings. The van der Waals surface area contributed by atoms with E-state index >= 15 is 0 Å². The molecule has 0 amide bonds. The van der Waals surface area contributed by atoms with Crippen LogP contribution in [0.1, 0.15) is 39.3 Å². The number of hydrogen-bond donors (Lipinski definition) is 3. The van der Waals surface area contributed by atoms with Crippen LogP contribution in [0.3, 0.4) is 0 Å². The fourth-order valence-electron chi connectivity index (χ4n) is 3.77. The Balaban J connectivity index is 0.00000289. The van der Waals surface area contributed by atoms with E-state index in [0.717, 1.165) is 5.56 Å². The van der Waals surface area contributed by atoms with Gasteiger partial charge in [0, 0.05) is 36.1 Å². The van der Waals surface area contributed by atoms with Crippen LogP contribution in [0.5, 0.6) is 5.75 Å². The predicted octanol–water partition coefficient (Wildman–Crippen LogP) is 4.70. The lowest BCUT2D eigenvalue weighted by Gasteiger charge is -2.19. The van der Waals surface area contributed by atoms with Crippen LogP contribution in [0.15, 0.2) is 71.2 Å². The highest BCUT2D eigenvalue weighted by Crippen LogP contribution is 2.38. The molecule has 2 aromatic heterocycles. The molecule has 0 saturated carbocycles. The van der Waals surface area contributed by atoms with E-state index in [4.69, 9.17) is 5.73 Å². The summed E-state index contributed by atoms with van der Waals surface area (Å²) in [7, 11) is 1.66. The van der Waals surface area contributed by atoms with Gasteiger partial charge in [-0.1, -0.05) is 31.7 Å². The van der Waals surface area contributed by atoms with Crippen molar-refractivity contribution in [3.8, 4) is 17.1 Å². The van der Waals surface area contributed by atoms with E-state index < -0.39 is 5.78 Å². The molecule has 1 aliphatic carbocycles. The van der Waals surface area contributed by atoms with Crippen molar-refractivity contribution >= 4 is 34.6 Å². The Bertz CT molecular complexity index is 1500. The highest BCUT2D eigenvalue weighted by Gasteiger charge is 2.33. The predicted molar refractivity (Wildman–Crippen MR) is 132 cm³/mol. The number of nitrogens with zero attached hydrogens (tertiary/aromatic N) is 5. The molecule has 174 valence electrons. The van der Waals surface area contributed by atoms with Gasteiger partial charge in [0.1, 0.15) is 5.75 Å². The van der Waals surface area contributed by atoms with Gasteiger partial charge in [-0.2, -0.15) is 0 Å². The largest absolute Gasteiger partial charge is 0.507 e. The van der Waals surface area contributed by atoms with Crippen molar-refractivity contribution in [2.24, 2.45) is 10.2 Å². The number of ketones is 2. The number of fused-ring (bicyclic) bond motifs is 2. The molecule has 10 heteroatoms. The number of pyridine rings is 1. The topological polar surface area (TPSA) is 156 Å². The molecular formula is C25H21N7O3. The number of aromatic hydroxyl groups is 1. The van der Waals surface area contributed by atoms with E-state index in [1.165, 1.54) is 18.2 Å². The van der Waals surface area contributed by atoms with E-state index in [9.17, 15) is 14.7 Å². The Labute approximate surface area is 200 Å². The number of carbonyl (C=O) groups is 2. The molecule has 10 nitrogen and oxygen atoms in total. The number of azo groups is 1. The molecule has 0 saturated heterocycles. The second-order valence-corrected chi connectivity index (χ2v) is 7.37. The van der Waals surface area contributed by atoms with Crippen molar-refractivity contribution in [1.29, 1.82) is 0 Å². The molecular weight excluding hydrogens is 446 g/mol. The average molecular weight is 467 g/mol. The number of nitrogens with one attached hydrogen (secondary N) is 1. The van der Waals surface area contributed by atoms with E-state index in [2.05, 4.69) is 30.5 Å². The van der Waals surface area contributed by atoms with Gasteiger partial charge in [-0.15, -0.1) is 10.2 Å². The second-order valence-electron chi connectivity index (χ2n) is 7.37. The molecule has 0 radical (unpaired) electrons. The van der Waals surface area contributed by atoms with Gasteiger partial charge in [0.05, 0.1) is 16.8 Å². The molecule has 0 aliphatic heterocycles. The monoisotopic (exact) mass is 467 g/mol. The smallest absolute Gasteiger partial charge is 0.200 e. The van der Waals surface area contributed by atoms with Crippen LogP contribution < -0.4 is 11.1 Å². The SMILES string of the molecule is C.CNc1nc(-c2ccncc2)nc(N)c1N=Nc1cccc2c1C(=O)c1c(O)cccc1C2=O. The molecule has 0 fully saturated rings. The molecule has 0 unspecified atom stereocenters. The summed E-state index contributed by atoms with van der Waals surface area (Å²) in [5.41, 5.74) is 7.55. The first kappa shape index (κ1) is 23.2. The maximum absolute atomic E-state index is 13.2. The van der Waals surface area contributed by atoms with Crippen molar-refractivity contribution in [1.82, 2.24) is 15.0 Å². The Morgan fingerprint density at radius 1 is 0.886 bits per heavy atom. The van der Waals surface area contributed by atoms with E-state index in [-0.39, 0.29) is 58.4 Å². The number of carbonyl (C=O) groups excluding carboxylic acids is 2. The first-order chi connectivity index (χ1) is 16.5. The van der Waals surface area contributed by atoms with Gasteiger partial charge in [-0.3, -0.25) is 14.6 Å². The molecule has 35 heavy (non-hydrogen) atoms. The van der Waals surface area contributed by atoms with Crippen molar-refractivity contribution in [2.45, 2.75) is 7.43 Å². The van der Waals surface area contributed by atoms with Crippen molar-refractivity contribution < 1.29 is 14.7 Å². The number of benzene rings is 2. The minimum absolute atomic E-state index is 0. The highest BCUT2D eigenvalue weighted by atomic mass is 16.3. The van der Waals surface area contributed by atoms with Crippen LogP contribution >= 0.6 is 0 Å². The van der Waals surface area contributed by atoms with Crippen molar-refractivity contribution in [3.05, 3.63) is 83.2 Å². The average Bonchev–Trinajstić information content (AvgIpc) is 2.86. The van der Waals surface area contributed by atoms with Gasteiger partial charge in [0.25, 0.3) is 0 Å². The zero-order valence-electron chi connectivity index (χ0n) is 17.9. The normalized spacial score (nSPS) is 12.1. The molecule has 2 aromatic carbocycles. The minimum Gasteiger partial charge on any atom is -0.507 e. The summed E-state index contributed by atoms with van der Waals surface area (Å²) >= 11 is 0. The zero-order valence-corrected chi connectivity index (χ0v) is 17.9. The van der Waals surface area contributed by atoms with E-state index in [0.29, 0.717) is 11.6 Å². The zero-order chi connectivity index (χ0) is 23.8. The molecule has 2 heterocycles. The van der Waals surface area contributed by atoms with Gasteiger partial charge in [0.15, 0.2) is 34.7 Å². The van der Waals surface area contributed by atoms with Crippen LogP contribution in [-0.2, 0) is 0 Å². The number of rotatable bonds is 4. The van der Waals surface area contributed by atoms with Gasteiger partial charge >= 0.3 is 0 Å². The number of phenolic OH excluding ortho intramolecular Hbond substituents is 1. The maximum atomic E-state index is 13.2. The van der Waals surface area contributed by atoms with Crippen molar-refractivity contribution in [2.75, 3.05) is 18.1 Å². The fourth-order valence-corrected chi connectivity index (χ4v) is 3.77. The summed E-state index contributed by atoms with van der Waals surface area (Å²) in [5, 5.41) is 21.6. The van der Waals surface area contributed by atoms with E-state index in [1.807, 2.05) is 0 Å². The molecule has 0 spiro atoms. The number of nitrogens with two attached hydrogens (primary N) is 1. The summed E-state index contributed by atoms with van der Waals surface area (Å²) in [5.74, 6) is -0.368. The first-order valence-electron chi connectivity index (χ1n) is 10.2. The van der Waals surface area contributed by atoms with Gasteiger partial charge < -0.3 is 16.2 Å². The van der Waals surface area contributed by atoms with Crippen LogP contribution in [0, 0.1) is 0 Å². The quantitative estimate of drug-likeness (QED) is 0.321. The van der Waals surface area contributed by atoms with Gasteiger partial charge in [-0.25, -0.2) is 9.97 Å². The van der Waals surface area contributed by atoms with E-state index in [1.54, 1.807) is 49.8 Å². The van der Waals surface area contributed by atoms with Crippen LogP contribution in [0.2, 0.25) is 0 Å². The summed E-state index contributed by atoms with van der Waals surface area (Å²) < 4.78 is 0. The molecule has 4 N–H and O–H groups in total. The minimum atomic E-state index is -0.511. The van der Waals surface area contributed by atoms with Gasteiger partial charge in [-0.05, 0) is 24.3 Å². The highest BCUT2D eigenvalue weighted by molar-refractivity contribution is 6.30. The summed E-state index contributed by atoms with van der Waals surface area (Å²) in [6.45, 7) is 0. The fraction of sp³-hybridized carbons (Fsp3) is 0.0800. The Kier molecular flexibility index (Phi) is 6.03. The first-order valence-corrected chi connectivity index (χ1v) is 10.2. The van der Waals surface area contributed by atoms with Crippen LogP contribution in [0.4, 0.5) is 23.0 Å². The maximum Gasteiger partial charge on any atom is 0.200 e. The van der Waals surface area contributed by atoms with Crippen molar-refractivity contribution in [3.63, 3.8) is 0 Å². The number of aromatic nitrogens is 3. The Morgan fingerprint density at radius 3 is 2.29 bits per heavy atom. The Morgan fingerprint density at radius 2 is 1.57 bits per heavy atom. The lowest BCUT2D eigenvalue weighted by Crippen LogP contribution is -2.21. The molecule has 1 aliphatic rings. The third-order valence-corrected chi connectivity index (χ3v) is 5.37. The number of hydrogen-bond acceptors (Lipinski definition) is 10. The lowest BCUT2D eigenvalue weighted by molar-refractivity contribution is 0.0977. The van der Waals surface area contributed by atoms with Crippen LogP contribution in [0.25, 0.3) is 11.4 Å². The Hall–Kier alpha value is -4.99. The summed E-state index contributed by atoms with van der Waals surface area (Å²) in [6, 6.07) is 12.6. The van der Waals surface area contributed by atoms with Gasteiger partial charge in [0.2, 0.25) is 0 Å².